The Kier molecular flexibility index (Phi) is 3.80. The largest absolute Gasteiger partial charge is 0.295 e. The van der Waals surface area contributed by atoms with Crippen molar-refractivity contribution < 1.29 is 0 Å². The van der Waals surface area contributed by atoms with Crippen molar-refractivity contribution in [1.82, 2.24) is 9.55 Å². The molecule has 4 heteroatoms. The molecular weight excluding hydrogens is 348 g/mol. The Hall–Kier alpha value is -1.32. The summed E-state index contributed by atoms with van der Waals surface area (Å²) in [5.41, 5.74) is 5.56. The SMILES string of the molecule is Cc1c(Br)cccc1-n1c(C(C)Cl)nc2c(C)cccc21. The first-order valence-corrected chi connectivity index (χ1v) is 8.11. The molecule has 0 aliphatic rings. The van der Waals surface area contributed by atoms with Gasteiger partial charge in [-0.05, 0) is 50.1 Å². The maximum Gasteiger partial charge on any atom is 0.132 e. The first-order chi connectivity index (χ1) is 10.0. The number of halogens is 2. The molecule has 2 aromatic carbocycles. The van der Waals surface area contributed by atoms with Gasteiger partial charge >= 0.3 is 0 Å². The summed E-state index contributed by atoms with van der Waals surface area (Å²) in [7, 11) is 0. The van der Waals surface area contributed by atoms with E-state index in [0.29, 0.717) is 0 Å². The van der Waals surface area contributed by atoms with Crippen LogP contribution in [0.3, 0.4) is 0 Å². The van der Waals surface area contributed by atoms with E-state index in [-0.39, 0.29) is 5.38 Å². The molecule has 0 aliphatic heterocycles. The highest BCUT2D eigenvalue weighted by molar-refractivity contribution is 9.10. The minimum atomic E-state index is -0.157. The van der Waals surface area contributed by atoms with Crippen molar-refractivity contribution in [1.29, 1.82) is 0 Å². The molecule has 0 spiro atoms. The van der Waals surface area contributed by atoms with Crippen LogP contribution in [0, 0.1) is 13.8 Å². The van der Waals surface area contributed by atoms with E-state index in [1.165, 1.54) is 5.56 Å². The van der Waals surface area contributed by atoms with Crippen LogP contribution in [0.5, 0.6) is 0 Å². The zero-order chi connectivity index (χ0) is 15.1. The van der Waals surface area contributed by atoms with E-state index in [1.54, 1.807) is 0 Å². The Morgan fingerprint density at radius 3 is 2.57 bits per heavy atom. The van der Waals surface area contributed by atoms with Crippen LogP contribution in [-0.4, -0.2) is 9.55 Å². The van der Waals surface area contributed by atoms with E-state index in [0.717, 1.165) is 32.6 Å². The lowest BCUT2D eigenvalue weighted by Gasteiger charge is -2.14. The fourth-order valence-corrected chi connectivity index (χ4v) is 3.12. The molecule has 1 unspecified atom stereocenters. The van der Waals surface area contributed by atoms with Crippen LogP contribution >= 0.6 is 27.5 Å². The first-order valence-electron chi connectivity index (χ1n) is 6.88. The lowest BCUT2D eigenvalue weighted by Crippen LogP contribution is -2.04. The van der Waals surface area contributed by atoms with Crippen LogP contribution < -0.4 is 0 Å². The van der Waals surface area contributed by atoms with E-state index in [4.69, 9.17) is 16.6 Å². The summed E-state index contributed by atoms with van der Waals surface area (Å²) in [6.45, 7) is 6.14. The van der Waals surface area contributed by atoms with Crippen LogP contribution in [0.2, 0.25) is 0 Å². The van der Waals surface area contributed by atoms with E-state index in [2.05, 4.69) is 58.6 Å². The van der Waals surface area contributed by atoms with Gasteiger partial charge in [-0.2, -0.15) is 0 Å². The molecule has 1 heterocycles. The Balaban J connectivity index is 2.43. The van der Waals surface area contributed by atoms with Crippen molar-refractivity contribution in [2.24, 2.45) is 0 Å². The Bertz CT molecular complexity index is 821. The van der Waals surface area contributed by atoms with Crippen LogP contribution in [0.25, 0.3) is 16.7 Å². The number of aryl methyl sites for hydroxylation is 1. The number of hydrogen-bond donors (Lipinski definition) is 0. The molecule has 0 fully saturated rings. The summed E-state index contributed by atoms with van der Waals surface area (Å²) < 4.78 is 3.25. The van der Waals surface area contributed by atoms with E-state index >= 15 is 0 Å². The van der Waals surface area contributed by atoms with E-state index in [9.17, 15) is 0 Å². The summed E-state index contributed by atoms with van der Waals surface area (Å²) in [4.78, 5) is 4.77. The third-order valence-electron chi connectivity index (χ3n) is 3.75. The Labute approximate surface area is 137 Å². The van der Waals surface area contributed by atoms with Crippen molar-refractivity contribution in [3.05, 3.63) is 57.8 Å². The number of nitrogens with zero attached hydrogens (tertiary/aromatic N) is 2. The lowest BCUT2D eigenvalue weighted by atomic mass is 10.1. The van der Waals surface area contributed by atoms with Crippen LogP contribution in [0.4, 0.5) is 0 Å². The number of benzene rings is 2. The van der Waals surface area contributed by atoms with E-state index < -0.39 is 0 Å². The molecule has 0 N–H and O–H groups in total. The summed E-state index contributed by atoms with van der Waals surface area (Å²) in [6, 6.07) is 12.4. The molecule has 0 amide bonds. The minimum absolute atomic E-state index is 0.157. The van der Waals surface area contributed by atoms with Crippen molar-refractivity contribution in [3.63, 3.8) is 0 Å². The van der Waals surface area contributed by atoms with Crippen molar-refractivity contribution in [2.75, 3.05) is 0 Å². The van der Waals surface area contributed by atoms with Crippen molar-refractivity contribution >= 4 is 38.6 Å². The predicted octanol–water partition coefficient (Wildman–Crippen LogP) is 5.70. The second-order valence-electron chi connectivity index (χ2n) is 5.25. The molecule has 0 saturated heterocycles. The molecule has 0 radical (unpaired) electrons. The molecule has 0 saturated carbocycles. The Morgan fingerprint density at radius 2 is 1.86 bits per heavy atom. The van der Waals surface area contributed by atoms with Gasteiger partial charge in [-0.1, -0.05) is 34.1 Å². The quantitative estimate of drug-likeness (QED) is 0.534. The third kappa shape index (κ3) is 2.39. The van der Waals surface area contributed by atoms with Gasteiger partial charge in [0.05, 0.1) is 22.1 Å². The molecule has 1 aromatic heterocycles. The molecule has 3 aromatic rings. The second kappa shape index (κ2) is 5.47. The highest BCUT2D eigenvalue weighted by Crippen LogP contribution is 2.32. The summed E-state index contributed by atoms with van der Waals surface area (Å²) in [5, 5.41) is -0.157. The fraction of sp³-hybridized carbons (Fsp3) is 0.235. The molecular formula is C17H16BrClN2. The summed E-state index contributed by atoms with van der Waals surface area (Å²) in [5.74, 6) is 0.877. The molecule has 108 valence electrons. The number of rotatable bonds is 2. The van der Waals surface area contributed by atoms with Gasteiger partial charge < -0.3 is 0 Å². The van der Waals surface area contributed by atoms with Gasteiger partial charge in [0.15, 0.2) is 0 Å². The average Bonchev–Trinajstić information content (AvgIpc) is 2.83. The number of imidazole rings is 1. The third-order valence-corrected chi connectivity index (χ3v) is 4.80. The second-order valence-corrected chi connectivity index (χ2v) is 6.76. The normalized spacial score (nSPS) is 12.8. The minimum Gasteiger partial charge on any atom is -0.295 e. The highest BCUT2D eigenvalue weighted by Gasteiger charge is 2.18. The summed E-state index contributed by atoms with van der Waals surface area (Å²) in [6.07, 6.45) is 0. The predicted molar refractivity (Wildman–Crippen MR) is 92.5 cm³/mol. The van der Waals surface area contributed by atoms with Gasteiger partial charge in [-0.15, -0.1) is 11.6 Å². The van der Waals surface area contributed by atoms with Crippen molar-refractivity contribution in [2.45, 2.75) is 26.1 Å². The number of hydrogen-bond acceptors (Lipinski definition) is 1. The number of aromatic nitrogens is 2. The molecule has 3 rings (SSSR count). The summed E-state index contributed by atoms with van der Waals surface area (Å²) >= 11 is 9.98. The van der Waals surface area contributed by atoms with Crippen molar-refractivity contribution in [3.8, 4) is 5.69 Å². The topological polar surface area (TPSA) is 17.8 Å². The number of fused-ring (bicyclic) bond motifs is 1. The first kappa shape index (κ1) is 14.6. The maximum absolute atomic E-state index is 6.38. The van der Waals surface area contributed by atoms with Gasteiger partial charge in [0.25, 0.3) is 0 Å². The zero-order valence-electron chi connectivity index (χ0n) is 12.2. The van der Waals surface area contributed by atoms with Gasteiger partial charge in [0.2, 0.25) is 0 Å². The van der Waals surface area contributed by atoms with Gasteiger partial charge in [-0.25, -0.2) is 4.98 Å². The monoisotopic (exact) mass is 362 g/mol. The Morgan fingerprint density at radius 1 is 1.14 bits per heavy atom. The highest BCUT2D eigenvalue weighted by atomic mass is 79.9. The van der Waals surface area contributed by atoms with Crippen LogP contribution in [-0.2, 0) is 0 Å². The molecule has 0 aliphatic carbocycles. The molecule has 1 atom stereocenters. The van der Waals surface area contributed by atoms with Gasteiger partial charge in [0, 0.05) is 4.47 Å². The van der Waals surface area contributed by atoms with E-state index in [1.807, 2.05) is 19.1 Å². The maximum atomic E-state index is 6.38. The number of para-hydroxylation sites is 1. The lowest BCUT2D eigenvalue weighted by molar-refractivity contribution is 0.877. The standard InChI is InChI=1S/C17H16BrClN2/c1-10-6-4-9-15-16(10)20-17(12(3)19)21(15)14-8-5-7-13(18)11(14)2/h4-9,12H,1-3H3. The van der Waals surface area contributed by atoms with Gasteiger partial charge in [0.1, 0.15) is 5.82 Å². The average molecular weight is 364 g/mol. The number of alkyl halides is 1. The van der Waals surface area contributed by atoms with Crippen LogP contribution in [0.1, 0.15) is 29.3 Å². The fourth-order valence-electron chi connectivity index (χ4n) is 2.62. The van der Waals surface area contributed by atoms with Gasteiger partial charge in [-0.3, -0.25) is 4.57 Å². The molecule has 21 heavy (non-hydrogen) atoms. The van der Waals surface area contributed by atoms with Crippen LogP contribution in [0.15, 0.2) is 40.9 Å². The molecule has 2 nitrogen and oxygen atoms in total. The smallest absolute Gasteiger partial charge is 0.132 e. The zero-order valence-corrected chi connectivity index (χ0v) is 14.5. The molecule has 0 bridgehead atoms.